The Hall–Kier alpha value is -2.43. The van der Waals surface area contributed by atoms with E-state index in [0.717, 1.165) is 23.4 Å². The molecule has 2 aliphatic rings. The van der Waals surface area contributed by atoms with Crippen molar-refractivity contribution in [1.82, 2.24) is 5.43 Å². The molecule has 0 spiro atoms. The van der Waals surface area contributed by atoms with Crippen LogP contribution in [0.1, 0.15) is 18.4 Å². The number of anilines is 1. The normalized spacial score (nSPS) is 23.2. The maximum absolute atomic E-state index is 11.4. The quantitative estimate of drug-likeness (QED) is 0.816. The Kier molecular flexibility index (Phi) is 3.10. The summed E-state index contributed by atoms with van der Waals surface area (Å²) in [6.07, 6.45) is 2.74. The van der Waals surface area contributed by atoms with Crippen molar-refractivity contribution in [3.05, 3.63) is 42.5 Å². The molecule has 1 saturated carbocycles. The van der Waals surface area contributed by atoms with Crippen LogP contribution in [0.4, 0.5) is 5.69 Å². The second kappa shape index (κ2) is 4.92. The third-order valence-electron chi connectivity index (χ3n) is 3.56. The van der Waals surface area contributed by atoms with Crippen molar-refractivity contribution in [2.24, 2.45) is 16.9 Å². The highest BCUT2D eigenvalue weighted by Crippen LogP contribution is 2.43. The van der Waals surface area contributed by atoms with Crippen molar-refractivity contribution in [3.8, 4) is 0 Å². The number of carbonyl (C=O) groups is 2. The molecule has 2 amide bonds. The van der Waals surface area contributed by atoms with Gasteiger partial charge in [0, 0.05) is 23.9 Å². The smallest absolute Gasteiger partial charge is 0.243 e. The zero-order valence-electron chi connectivity index (χ0n) is 10.9. The maximum atomic E-state index is 11.4. The molecule has 0 bridgehead atoms. The topological polar surface area (TPSA) is 70.6 Å². The van der Waals surface area contributed by atoms with Gasteiger partial charge >= 0.3 is 0 Å². The van der Waals surface area contributed by atoms with E-state index in [0.29, 0.717) is 6.42 Å². The van der Waals surface area contributed by atoms with Crippen molar-refractivity contribution in [1.29, 1.82) is 0 Å². The number of carbonyl (C=O) groups excluding carboxylic acids is 2. The van der Waals surface area contributed by atoms with Crippen LogP contribution in [-0.2, 0) is 9.59 Å². The third kappa shape index (κ3) is 2.34. The van der Waals surface area contributed by atoms with Gasteiger partial charge in [0.05, 0.1) is 5.71 Å². The molecule has 0 saturated heterocycles. The van der Waals surface area contributed by atoms with Crippen LogP contribution in [0.2, 0.25) is 0 Å². The molecule has 0 radical (unpaired) electrons. The summed E-state index contributed by atoms with van der Waals surface area (Å²) in [7, 11) is 0. The van der Waals surface area contributed by atoms with Crippen molar-refractivity contribution in [3.63, 3.8) is 0 Å². The zero-order valence-corrected chi connectivity index (χ0v) is 10.9. The first-order valence-electron chi connectivity index (χ1n) is 6.57. The molecule has 2 N–H and O–H groups in total. The van der Waals surface area contributed by atoms with Gasteiger partial charge in [0.1, 0.15) is 0 Å². The summed E-state index contributed by atoms with van der Waals surface area (Å²) in [5, 5.41) is 6.92. The second-order valence-corrected chi connectivity index (χ2v) is 5.04. The van der Waals surface area contributed by atoms with E-state index >= 15 is 0 Å². The first-order valence-corrected chi connectivity index (χ1v) is 6.57. The first-order chi connectivity index (χ1) is 9.69. The molecule has 1 aliphatic heterocycles. The summed E-state index contributed by atoms with van der Waals surface area (Å²) in [5.74, 6) is 0.281. The van der Waals surface area contributed by atoms with Crippen LogP contribution in [0.15, 0.2) is 42.0 Å². The number of nitrogens with zero attached hydrogens (tertiary/aromatic N) is 1. The fourth-order valence-electron chi connectivity index (χ4n) is 2.41. The summed E-state index contributed by atoms with van der Waals surface area (Å²) in [6.45, 7) is 3.53. The molecule has 1 heterocycles. The first kappa shape index (κ1) is 12.6. The minimum atomic E-state index is -0.0859. The van der Waals surface area contributed by atoms with E-state index in [9.17, 15) is 9.59 Å². The van der Waals surface area contributed by atoms with Gasteiger partial charge in [-0.25, -0.2) is 5.43 Å². The van der Waals surface area contributed by atoms with Gasteiger partial charge in [0.15, 0.2) is 0 Å². The Bertz CT molecular complexity index is 604. The van der Waals surface area contributed by atoms with E-state index in [2.05, 4.69) is 22.4 Å². The lowest BCUT2D eigenvalue weighted by atomic mass is 10.0. The summed E-state index contributed by atoms with van der Waals surface area (Å²) < 4.78 is 0. The van der Waals surface area contributed by atoms with Gasteiger partial charge in [-0.3, -0.25) is 9.59 Å². The van der Waals surface area contributed by atoms with E-state index in [1.54, 1.807) is 6.08 Å². The largest absolute Gasteiger partial charge is 0.326 e. The van der Waals surface area contributed by atoms with Crippen molar-refractivity contribution < 1.29 is 9.59 Å². The number of rotatable bonds is 4. The highest BCUT2D eigenvalue weighted by atomic mass is 16.2. The highest BCUT2D eigenvalue weighted by Gasteiger charge is 2.49. The van der Waals surface area contributed by atoms with E-state index in [1.165, 1.54) is 0 Å². The van der Waals surface area contributed by atoms with Crippen LogP contribution in [0, 0.1) is 11.8 Å². The van der Waals surface area contributed by atoms with Gasteiger partial charge in [-0.15, -0.1) is 6.58 Å². The van der Waals surface area contributed by atoms with Gasteiger partial charge in [0.2, 0.25) is 11.8 Å². The van der Waals surface area contributed by atoms with Gasteiger partial charge in [-0.05, 0) is 24.1 Å². The molecule has 3 rings (SSSR count). The monoisotopic (exact) mass is 269 g/mol. The SMILES string of the molecule is C=CCC(=O)Nc1ccc(C2=NNC(=O)C3CC23)cc1. The summed E-state index contributed by atoms with van der Waals surface area (Å²) >= 11 is 0. The lowest BCUT2D eigenvalue weighted by Crippen LogP contribution is -2.28. The average Bonchev–Trinajstić information content (AvgIpc) is 3.22. The van der Waals surface area contributed by atoms with Crippen LogP contribution in [-0.4, -0.2) is 17.5 Å². The summed E-state index contributed by atoms with van der Waals surface area (Å²) in [4.78, 5) is 22.8. The fourth-order valence-corrected chi connectivity index (χ4v) is 2.41. The number of fused-ring (bicyclic) bond motifs is 1. The molecule has 2 unspecified atom stereocenters. The minimum Gasteiger partial charge on any atom is -0.326 e. The Morgan fingerprint density at radius 2 is 2.15 bits per heavy atom. The van der Waals surface area contributed by atoms with E-state index < -0.39 is 0 Å². The minimum absolute atomic E-state index is 0.0204. The average molecular weight is 269 g/mol. The zero-order chi connectivity index (χ0) is 14.1. The molecule has 1 aromatic carbocycles. The van der Waals surface area contributed by atoms with Crippen molar-refractivity contribution >= 4 is 23.2 Å². The van der Waals surface area contributed by atoms with Crippen LogP contribution in [0.25, 0.3) is 0 Å². The van der Waals surface area contributed by atoms with Gasteiger partial charge in [-0.1, -0.05) is 18.2 Å². The third-order valence-corrected chi connectivity index (χ3v) is 3.56. The van der Waals surface area contributed by atoms with Crippen molar-refractivity contribution in [2.45, 2.75) is 12.8 Å². The molecule has 1 fully saturated rings. The predicted octanol–water partition coefficient (Wildman–Crippen LogP) is 1.67. The standard InChI is InChI=1S/C15H15N3O2/c1-2-3-13(19)16-10-6-4-9(5-7-10)14-11-8-12(11)15(20)18-17-14/h2,4-7,11-12H,1,3,8H2,(H,16,19)(H,18,20). The molecule has 1 aromatic rings. The van der Waals surface area contributed by atoms with Gasteiger partial charge in [0.25, 0.3) is 0 Å². The van der Waals surface area contributed by atoms with E-state index in [4.69, 9.17) is 0 Å². The number of benzene rings is 1. The molecular formula is C15H15N3O2. The Morgan fingerprint density at radius 3 is 2.85 bits per heavy atom. The Balaban J connectivity index is 1.72. The number of nitrogens with one attached hydrogen (secondary N) is 2. The Labute approximate surface area is 116 Å². The second-order valence-electron chi connectivity index (χ2n) is 5.04. The molecule has 2 atom stereocenters. The predicted molar refractivity (Wildman–Crippen MR) is 76.2 cm³/mol. The number of amides is 2. The van der Waals surface area contributed by atoms with Gasteiger partial charge < -0.3 is 5.32 Å². The molecule has 5 heteroatoms. The van der Waals surface area contributed by atoms with Crippen LogP contribution >= 0.6 is 0 Å². The number of hydrogen-bond donors (Lipinski definition) is 2. The number of hydrazone groups is 1. The summed E-state index contributed by atoms with van der Waals surface area (Å²) in [6, 6.07) is 7.50. The highest BCUT2D eigenvalue weighted by molar-refractivity contribution is 6.09. The molecular weight excluding hydrogens is 254 g/mol. The van der Waals surface area contributed by atoms with Crippen LogP contribution < -0.4 is 10.7 Å². The van der Waals surface area contributed by atoms with Gasteiger partial charge in [-0.2, -0.15) is 5.10 Å². The van der Waals surface area contributed by atoms with E-state index in [1.807, 2.05) is 24.3 Å². The molecule has 1 aliphatic carbocycles. The lowest BCUT2D eigenvalue weighted by molar-refractivity contribution is -0.122. The fraction of sp³-hybridized carbons (Fsp3) is 0.267. The maximum Gasteiger partial charge on any atom is 0.243 e. The van der Waals surface area contributed by atoms with Crippen molar-refractivity contribution in [2.75, 3.05) is 5.32 Å². The number of hydrogen-bond acceptors (Lipinski definition) is 3. The Morgan fingerprint density at radius 1 is 1.40 bits per heavy atom. The molecule has 0 aromatic heterocycles. The molecule has 102 valence electrons. The molecule has 5 nitrogen and oxygen atoms in total. The molecule has 20 heavy (non-hydrogen) atoms. The van der Waals surface area contributed by atoms with Crippen LogP contribution in [0.3, 0.4) is 0 Å². The lowest BCUT2D eigenvalue weighted by Gasteiger charge is -2.12. The van der Waals surface area contributed by atoms with E-state index in [-0.39, 0.29) is 23.7 Å². The van der Waals surface area contributed by atoms with Crippen LogP contribution in [0.5, 0.6) is 0 Å². The summed E-state index contributed by atoms with van der Waals surface area (Å²) in [5.41, 5.74) is 5.21.